The van der Waals surface area contributed by atoms with Gasteiger partial charge in [-0.25, -0.2) is 4.39 Å². The third-order valence-corrected chi connectivity index (χ3v) is 4.80. The second-order valence-corrected chi connectivity index (χ2v) is 7.04. The first-order valence-corrected chi connectivity index (χ1v) is 9.12. The molecule has 6 heteroatoms. The van der Waals surface area contributed by atoms with E-state index in [2.05, 4.69) is 15.0 Å². The third kappa shape index (κ3) is 4.29. The summed E-state index contributed by atoms with van der Waals surface area (Å²) >= 11 is 5.92. The summed E-state index contributed by atoms with van der Waals surface area (Å²) in [6, 6.07) is 14.7. The van der Waals surface area contributed by atoms with Crippen molar-refractivity contribution < 1.29 is 8.91 Å². The largest absolute Gasteiger partial charge is 0.338 e. The zero-order chi connectivity index (χ0) is 17.9. The molecule has 2 aromatic carbocycles. The molecule has 0 aliphatic heterocycles. The smallest absolute Gasteiger partial charge is 0.241 e. The maximum atomic E-state index is 13.3. The van der Waals surface area contributed by atoms with Gasteiger partial charge in [-0.1, -0.05) is 28.9 Å². The summed E-state index contributed by atoms with van der Waals surface area (Å²) in [6.07, 6.45) is 3.16. The van der Waals surface area contributed by atoms with Crippen LogP contribution in [0.5, 0.6) is 0 Å². The number of hydrogen-bond acceptors (Lipinski definition) is 4. The van der Waals surface area contributed by atoms with Crippen molar-refractivity contribution in [2.75, 3.05) is 6.54 Å². The highest BCUT2D eigenvalue weighted by atomic mass is 35.5. The molecular formula is C20H19ClFN3O. The van der Waals surface area contributed by atoms with Crippen LogP contribution in [0.4, 0.5) is 4.39 Å². The first-order chi connectivity index (χ1) is 12.7. The lowest BCUT2D eigenvalue weighted by atomic mass is 10.1. The molecule has 0 unspecified atom stereocenters. The molecule has 134 valence electrons. The van der Waals surface area contributed by atoms with Crippen molar-refractivity contribution in [2.24, 2.45) is 0 Å². The first-order valence-electron chi connectivity index (χ1n) is 8.74. The Balaban J connectivity index is 1.41. The molecule has 0 saturated heterocycles. The topological polar surface area (TPSA) is 42.2 Å². The van der Waals surface area contributed by atoms with Gasteiger partial charge in [0, 0.05) is 23.2 Å². The maximum absolute atomic E-state index is 13.3. The second kappa shape index (κ2) is 7.56. The predicted molar refractivity (Wildman–Crippen MR) is 98.3 cm³/mol. The Hall–Kier alpha value is -2.24. The molecule has 1 aliphatic rings. The van der Waals surface area contributed by atoms with Crippen LogP contribution in [0, 0.1) is 5.82 Å². The molecule has 1 saturated carbocycles. The van der Waals surface area contributed by atoms with Crippen molar-refractivity contribution in [1.82, 2.24) is 15.0 Å². The molecule has 1 fully saturated rings. The van der Waals surface area contributed by atoms with Gasteiger partial charge in [-0.2, -0.15) is 4.98 Å². The van der Waals surface area contributed by atoms with E-state index in [9.17, 15) is 4.39 Å². The normalized spacial score (nSPS) is 14.1. The molecule has 4 nitrogen and oxygen atoms in total. The number of aromatic nitrogens is 2. The van der Waals surface area contributed by atoms with Gasteiger partial charge in [0.25, 0.3) is 0 Å². The van der Waals surface area contributed by atoms with Crippen LogP contribution in [0.25, 0.3) is 11.4 Å². The van der Waals surface area contributed by atoms with Crippen molar-refractivity contribution in [3.8, 4) is 11.4 Å². The summed E-state index contributed by atoms with van der Waals surface area (Å²) in [5, 5.41) is 4.75. The quantitative estimate of drug-likeness (QED) is 0.601. The fourth-order valence-corrected chi connectivity index (χ4v) is 3.13. The Bertz CT molecular complexity index is 877. The zero-order valence-electron chi connectivity index (χ0n) is 14.2. The Labute approximate surface area is 156 Å². The van der Waals surface area contributed by atoms with E-state index in [1.54, 1.807) is 12.1 Å². The first kappa shape index (κ1) is 17.2. The fraction of sp³-hybridized carbons (Fsp3) is 0.300. The molecule has 1 aliphatic carbocycles. The van der Waals surface area contributed by atoms with Crippen LogP contribution in [-0.2, 0) is 13.0 Å². The lowest BCUT2D eigenvalue weighted by Gasteiger charge is -2.19. The highest BCUT2D eigenvalue weighted by Crippen LogP contribution is 2.29. The molecule has 26 heavy (non-hydrogen) atoms. The van der Waals surface area contributed by atoms with Gasteiger partial charge in [0.15, 0.2) is 0 Å². The standard InChI is InChI=1S/C20H19ClFN3O/c21-16-6-4-15(5-7-16)20-23-19(26-24-20)13-25(18-8-9-18)11-10-14-2-1-3-17(22)12-14/h1-7,12,18H,8-11,13H2. The van der Waals surface area contributed by atoms with E-state index < -0.39 is 0 Å². The third-order valence-electron chi connectivity index (χ3n) is 4.55. The Morgan fingerprint density at radius 3 is 2.69 bits per heavy atom. The number of halogens is 2. The lowest BCUT2D eigenvalue weighted by molar-refractivity contribution is 0.219. The SMILES string of the molecule is Fc1cccc(CCN(Cc2nc(-c3ccc(Cl)cc3)no2)C2CC2)c1. The summed E-state index contributed by atoms with van der Waals surface area (Å²) in [5.41, 5.74) is 1.88. The molecule has 0 radical (unpaired) electrons. The minimum atomic E-state index is -0.190. The molecule has 1 aromatic heterocycles. The summed E-state index contributed by atoms with van der Waals surface area (Å²) in [7, 11) is 0. The van der Waals surface area contributed by atoms with E-state index in [4.69, 9.17) is 16.1 Å². The van der Waals surface area contributed by atoms with Crippen LogP contribution < -0.4 is 0 Å². The Kier molecular flexibility index (Phi) is 5.00. The van der Waals surface area contributed by atoms with Crippen LogP contribution in [0.3, 0.4) is 0 Å². The fourth-order valence-electron chi connectivity index (χ4n) is 3.00. The van der Waals surface area contributed by atoms with Gasteiger partial charge in [-0.05, 0) is 61.2 Å². The summed E-state index contributed by atoms with van der Waals surface area (Å²) < 4.78 is 18.8. The van der Waals surface area contributed by atoms with E-state index in [1.807, 2.05) is 30.3 Å². The van der Waals surface area contributed by atoms with Crippen LogP contribution in [0.15, 0.2) is 53.1 Å². The second-order valence-electron chi connectivity index (χ2n) is 6.60. The van der Waals surface area contributed by atoms with E-state index in [-0.39, 0.29) is 5.82 Å². The Morgan fingerprint density at radius 1 is 1.15 bits per heavy atom. The van der Waals surface area contributed by atoms with E-state index in [0.29, 0.717) is 29.3 Å². The van der Waals surface area contributed by atoms with Gasteiger partial charge in [-0.3, -0.25) is 4.90 Å². The molecule has 0 N–H and O–H groups in total. The molecule has 0 amide bonds. The number of nitrogens with zero attached hydrogens (tertiary/aromatic N) is 3. The zero-order valence-corrected chi connectivity index (χ0v) is 15.0. The summed E-state index contributed by atoms with van der Waals surface area (Å²) in [5.74, 6) is 0.976. The van der Waals surface area contributed by atoms with E-state index in [0.717, 1.165) is 24.1 Å². The van der Waals surface area contributed by atoms with Gasteiger partial charge in [-0.15, -0.1) is 0 Å². The number of rotatable bonds is 7. The highest BCUT2D eigenvalue weighted by molar-refractivity contribution is 6.30. The molecule has 4 rings (SSSR count). The van der Waals surface area contributed by atoms with Crippen molar-refractivity contribution >= 4 is 11.6 Å². The molecule has 3 aromatic rings. The summed E-state index contributed by atoms with van der Waals surface area (Å²) in [6.45, 7) is 1.45. The number of benzene rings is 2. The molecule has 0 spiro atoms. The average Bonchev–Trinajstić information content (AvgIpc) is 3.38. The van der Waals surface area contributed by atoms with Crippen LogP contribution in [-0.4, -0.2) is 27.6 Å². The van der Waals surface area contributed by atoms with Crippen molar-refractivity contribution in [1.29, 1.82) is 0 Å². The van der Waals surface area contributed by atoms with Gasteiger partial charge >= 0.3 is 0 Å². The molecular weight excluding hydrogens is 353 g/mol. The number of hydrogen-bond donors (Lipinski definition) is 0. The van der Waals surface area contributed by atoms with Crippen molar-refractivity contribution in [3.05, 3.63) is 70.8 Å². The van der Waals surface area contributed by atoms with Gasteiger partial charge in [0.05, 0.1) is 6.54 Å². The van der Waals surface area contributed by atoms with Gasteiger partial charge in [0.2, 0.25) is 11.7 Å². The van der Waals surface area contributed by atoms with Crippen LogP contribution in [0.1, 0.15) is 24.3 Å². The molecule has 0 atom stereocenters. The lowest BCUT2D eigenvalue weighted by Crippen LogP contribution is -2.28. The Morgan fingerprint density at radius 2 is 1.96 bits per heavy atom. The maximum Gasteiger partial charge on any atom is 0.241 e. The van der Waals surface area contributed by atoms with Gasteiger partial charge < -0.3 is 4.52 Å². The minimum Gasteiger partial charge on any atom is -0.338 e. The monoisotopic (exact) mass is 371 g/mol. The highest BCUT2D eigenvalue weighted by Gasteiger charge is 2.30. The van der Waals surface area contributed by atoms with Crippen molar-refractivity contribution in [2.45, 2.75) is 31.8 Å². The summed E-state index contributed by atoms with van der Waals surface area (Å²) in [4.78, 5) is 6.84. The van der Waals surface area contributed by atoms with E-state index in [1.165, 1.54) is 18.9 Å². The van der Waals surface area contributed by atoms with Gasteiger partial charge in [0.1, 0.15) is 5.82 Å². The van der Waals surface area contributed by atoms with Crippen molar-refractivity contribution in [3.63, 3.8) is 0 Å². The predicted octanol–water partition coefficient (Wildman–Crippen LogP) is 4.74. The average molecular weight is 372 g/mol. The van der Waals surface area contributed by atoms with E-state index >= 15 is 0 Å². The molecule has 1 heterocycles. The van der Waals surface area contributed by atoms with Crippen LogP contribution in [0.2, 0.25) is 5.02 Å². The molecule has 0 bridgehead atoms. The minimum absolute atomic E-state index is 0.190. The van der Waals surface area contributed by atoms with Crippen LogP contribution >= 0.6 is 11.6 Å².